The summed E-state index contributed by atoms with van der Waals surface area (Å²) in [6.45, 7) is 0.148. The first-order valence-electron chi connectivity index (χ1n) is 7.37. The second-order valence-electron chi connectivity index (χ2n) is 5.07. The minimum absolute atomic E-state index is 0.0593. The van der Waals surface area contributed by atoms with Gasteiger partial charge in [-0.15, -0.1) is 0 Å². The summed E-state index contributed by atoms with van der Waals surface area (Å²) in [5.74, 6) is 1.14. The zero-order chi connectivity index (χ0) is 18.5. The Bertz CT molecular complexity index is 1020. The highest BCUT2D eigenvalue weighted by atomic mass is 35.5. The highest BCUT2D eigenvalue weighted by Gasteiger charge is 2.12. The average Bonchev–Trinajstić information content (AvgIpc) is 2.99. The largest absolute Gasteiger partial charge is 0.486 e. The van der Waals surface area contributed by atoms with Crippen LogP contribution in [0, 0.1) is 14.9 Å². The summed E-state index contributed by atoms with van der Waals surface area (Å²) in [5, 5.41) is 22.0. The van der Waals surface area contributed by atoms with Gasteiger partial charge in [0.2, 0.25) is 4.77 Å². The molecule has 0 bridgehead atoms. The SMILES string of the molecule is O=[N+]([O-])c1cc(/C=N/n2c(COc3ccccc3)n[nH]c2=S)ccc1Cl. The second-order valence-corrected chi connectivity index (χ2v) is 5.86. The van der Waals surface area contributed by atoms with E-state index in [4.69, 9.17) is 28.6 Å². The molecule has 1 heterocycles. The molecule has 3 rings (SSSR count). The Morgan fingerprint density at radius 3 is 2.85 bits per heavy atom. The highest BCUT2D eigenvalue weighted by Crippen LogP contribution is 2.24. The molecule has 0 amide bonds. The van der Waals surface area contributed by atoms with Crippen LogP contribution in [0.3, 0.4) is 0 Å². The third kappa shape index (κ3) is 4.13. The van der Waals surface area contributed by atoms with Crippen molar-refractivity contribution < 1.29 is 9.66 Å². The smallest absolute Gasteiger partial charge is 0.288 e. The van der Waals surface area contributed by atoms with Crippen LogP contribution in [0.25, 0.3) is 0 Å². The zero-order valence-corrected chi connectivity index (χ0v) is 14.8. The number of nitro groups is 1. The van der Waals surface area contributed by atoms with Crippen molar-refractivity contribution in [2.75, 3.05) is 0 Å². The zero-order valence-electron chi connectivity index (χ0n) is 13.2. The Morgan fingerprint density at radius 1 is 1.35 bits per heavy atom. The predicted molar refractivity (Wildman–Crippen MR) is 99.3 cm³/mol. The van der Waals surface area contributed by atoms with Crippen LogP contribution in [-0.2, 0) is 6.61 Å². The second kappa shape index (κ2) is 7.89. The number of benzene rings is 2. The molecule has 0 radical (unpaired) electrons. The van der Waals surface area contributed by atoms with Crippen molar-refractivity contribution in [2.24, 2.45) is 5.10 Å². The van der Waals surface area contributed by atoms with Crippen molar-refractivity contribution >= 4 is 35.7 Å². The number of rotatable bonds is 6. The van der Waals surface area contributed by atoms with Crippen molar-refractivity contribution in [3.05, 3.63) is 79.8 Å². The normalized spacial score (nSPS) is 11.0. The molecule has 10 heteroatoms. The van der Waals surface area contributed by atoms with Crippen LogP contribution in [0.15, 0.2) is 53.6 Å². The third-order valence-electron chi connectivity index (χ3n) is 3.32. The van der Waals surface area contributed by atoms with Crippen molar-refractivity contribution in [1.29, 1.82) is 0 Å². The molecule has 0 saturated heterocycles. The maximum absolute atomic E-state index is 11.0. The molecule has 8 nitrogen and oxygen atoms in total. The molecular weight excluding hydrogens is 378 g/mol. The first-order valence-corrected chi connectivity index (χ1v) is 8.15. The number of H-pyrrole nitrogens is 1. The summed E-state index contributed by atoms with van der Waals surface area (Å²) in [6.07, 6.45) is 1.43. The molecule has 0 unspecified atom stereocenters. The van der Waals surface area contributed by atoms with Gasteiger partial charge in [0.05, 0.1) is 11.1 Å². The number of para-hydroxylation sites is 1. The fourth-order valence-corrected chi connectivity index (χ4v) is 2.46. The van der Waals surface area contributed by atoms with E-state index in [0.29, 0.717) is 17.1 Å². The van der Waals surface area contributed by atoms with E-state index in [1.165, 1.54) is 23.0 Å². The fourth-order valence-electron chi connectivity index (χ4n) is 2.08. The summed E-state index contributed by atoms with van der Waals surface area (Å²) >= 11 is 11.0. The topological polar surface area (TPSA) is 98.3 Å². The van der Waals surface area contributed by atoms with Gasteiger partial charge in [0.1, 0.15) is 17.4 Å². The van der Waals surface area contributed by atoms with E-state index in [2.05, 4.69) is 15.3 Å². The Labute approximate surface area is 157 Å². The van der Waals surface area contributed by atoms with Crippen LogP contribution in [0.4, 0.5) is 5.69 Å². The first-order chi connectivity index (χ1) is 12.5. The van der Waals surface area contributed by atoms with Crippen molar-refractivity contribution in [1.82, 2.24) is 14.9 Å². The molecule has 0 atom stereocenters. The molecule has 1 N–H and O–H groups in total. The van der Waals surface area contributed by atoms with E-state index in [-0.39, 0.29) is 22.1 Å². The Kier molecular flexibility index (Phi) is 5.40. The minimum atomic E-state index is -0.553. The number of aromatic nitrogens is 3. The van der Waals surface area contributed by atoms with Gasteiger partial charge in [0.15, 0.2) is 5.82 Å². The molecule has 1 aromatic heterocycles. The van der Waals surface area contributed by atoms with Gasteiger partial charge in [-0.3, -0.25) is 10.1 Å². The van der Waals surface area contributed by atoms with Gasteiger partial charge < -0.3 is 4.74 Å². The standard InChI is InChI=1S/C16H12ClN5O3S/c17-13-7-6-11(8-14(13)22(23)24)9-18-21-15(19-20-16(21)26)10-25-12-4-2-1-3-5-12/h1-9H,10H2,(H,20,26)/b18-9+. The molecule has 0 spiro atoms. The van der Waals surface area contributed by atoms with Crippen LogP contribution in [0.2, 0.25) is 5.02 Å². The molecule has 0 aliphatic rings. The number of ether oxygens (including phenoxy) is 1. The van der Waals surface area contributed by atoms with E-state index in [1.807, 2.05) is 30.3 Å². The summed E-state index contributed by atoms with van der Waals surface area (Å²) in [5.41, 5.74) is 0.304. The van der Waals surface area contributed by atoms with E-state index in [0.717, 1.165) is 0 Å². The molecule has 0 fully saturated rings. The van der Waals surface area contributed by atoms with Gasteiger partial charge in [-0.05, 0) is 30.4 Å². The molecule has 2 aromatic carbocycles. The van der Waals surface area contributed by atoms with Crippen molar-refractivity contribution in [3.8, 4) is 5.75 Å². The number of halogens is 1. The van der Waals surface area contributed by atoms with Crippen LogP contribution >= 0.6 is 23.8 Å². The van der Waals surface area contributed by atoms with Gasteiger partial charge in [-0.1, -0.05) is 35.9 Å². The van der Waals surface area contributed by atoms with Crippen LogP contribution in [0.5, 0.6) is 5.75 Å². The monoisotopic (exact) mass is 389 g/mol. The Balaban J connectivity index is 1.81. The number of hydrogen-bond acceptors (Lipinski definition) is 6. The van der Waals surface area contributed by atoms with Gasteiger partial charge in [0.25, 0.3) is 5.69 Å². The molecule has 0 saturated carbocycles. The highest BCUT2D eigenvalue weighted by molar-refractivity contribution is 7.71. The van der Waals surface area contributed by atoms with Crippen LogP contribution in [0.1, 0.15) is 11.4 Å². The van der Waals surface area contributed by atoms with Crippen LogP contribution < -0.4 is 4.74 Å². The van der Waals surface area contributed by atoms with Crippen molar-refractivity contribution in [3.63, 3.8) is 0 Å². The lowest BCUT2D eigenvalue weighted by Gasteiger charge is -2.05. The maximum Gasteiger partial charge on any atom is 0.288 e. The molecule has 132 valence electrons. The van der Waals surface area contributed by atoms with Gasteiger partial charge in [-0.25, -0.2) is 5.10 Å². The van der Waals surface area contributed by atoms with E-state index in [9.17, 15) is 10.1 Å². The molecular formula is C16H12ClN5O3S. The Hall–Kier alpha value is -3.04. The predicted octanol–water partition coefficient (Wildman–Crippen LogP) is 3.96. The molecule has 0 aliphatic heterocycles. The summed E-state index contributed by atoms with van der Waals surface area (Å²) in [4.78, 5) is 10.4. The van der Waals surface area contributed by atoms with E-state index in [1.54, 1.807) is 6.07 Å². The first kappa shape index (κ1) is 17.8. The van der Waals surface area contributed by atoms with Crippen LogP contribution in [-0.4, -0.2) is 26.0 Å². The number of aromatic amines is 1. The average molecular weight is 390 g/mol. The molecule has 0 aliphatic carbocycles. The molecule has 26 heavy (non-hydrogen) atoms. The maximum atomic E-state index is 11.0. The van der Waals surface area contributed by atoms with Gasteiger partial charge in [-0.2, -0.15) is 14.9 Å². The quantitative estimate of drug-likeness (QED) is 0.298. The van der Waals surface area contributed by atoms with E-state index < -0.39 is 4.92 Å². The van der Waals surface area contributed by atoms with Gasteiger partial charge >= 0.3 is 0 Å². The lowest BCUT2D eigenvalue weighted by atomic mass is 10.2. The number of nitrogens with zero attached hydrogens (tertiary/aromatic N) is 4. The lowest BCUT2D eigenvalue weighted by Crippen LogP contribution is -2.04. The number of hydrogen-bond donors (Lipinski definition) is 1. The van der Waals surface area contributed by atoms with E-state index >= 15 is 0 Å². The number of nitrogens with one attached hydrogen (secondary N) is 1. The van der Waals surface area contributed by atoms with Crippen molar-refractivity contribution in [2.45, 2.75) is 6.61 Å². The minimum Gasteiger partial charge on any atom is -0.486 e. The number of nitro benzene ring substituents is 1. The summed E-state index contributed by atoms with van der Waals surface area (Å²) < 4.78 is 7.30. The summed E-state index contributed by atoms with van der Waals surface area (Å²) in [7, 11) is 0. The fraction of sp³-hybridized carbons (Fsp3) is 0.0625. The molecule has 3 aromatic rings. The lowest BCUT2D eigenvalue weighted by molar-refractivity contribution is -0.384. The summed E-state index contributed by atoms with van der Waals surface area (Å²) in [6, 6.07) is 13.6. The van der Waals surface area contributed by atoms with Gasteiger partial charge in [0, 0.05) is 11.6 Å². The third-order valence-corrected chi connectivity index (χ3v) is 3.90. The Morgan fingerprint density at radius 2 is 2.12 bits per heavy atom.